The van der Waals surface area contributed by atoms with Gasteiger partial charge in [-0.1, -0.05) is 19.1 Å². The molecule has 1 aromatic carbocycles. The van der Waals surface area contributed by atoms with Crippen LogP contribution >= 0.6 is 0 Å². The van der Waals surface area contributed by atoms with Gasteiger partial charge in [0.15, 0.2) is 5.65 Å². The molecular formula is C23H22N8O. The van der Waals surface area contributed by atoms with Crippen molar-refractivity contribution in [1.82, 2.24) is 34.7 Å². The molecule has 0 aliphatic heterocycles. The van der Waals surface area contributed by atoms with Crippen LogP contribution in [0.1, 0.15) is 18.4 Å². The first kappa shape index (κ1) is 20.0. The summed E-state index contributed by atoms with van der Waals surface area (Å²) in [5.74, 6) is 0.952. The van der Waals surface area contributed by atoms with Gasteiger partial charge in [-0.15, -0.1) is 0 Å². The second kappa shape index (κ2) is 8.64. The first-order chi connectivity index (χ1) is 15.7. The third-order valence-electron chi connectivity index (χ3n) is 5.40. The second-order valence-corrected chi connectivity index (χ2v) is 7.57. The van der Waals surface area contributed by atoms with Crippen LogP contribution in [0.25, 0.3) is 33.3 Å². The Kier molecular flexibility index (Phi) is 5.39. The van der Waals surface area contributed by atoms with Crippen molar-refractivity contribution in [3.63, 3.8) is 0 Å². The minimum Gasteiger partial charge on any atom is -0.394 e. The molecule has 0 saturated carbocycles. The molecule has 5 rings (SSSR count). The number of nitrogens with zero attached hydrogens (tertiary/aromatic N) is 7. The standard InChI is InChI=1S/C23H22N8O/c1-15(18-3-2-4-19-22(18)25-6-5-24-19)11-26-21-10-20(28-14-29-21)16-9-17-13-30-31(7-8-32)23(17)27-12-16/h2-6,9-10,12-15,32H,7-8,11H2,1H3,(H,26,28,29). The molecule has 9 nitrogen and oxygen atoms in total. The SMILES string of the molecule is CC(CNc1cc(-c2cnc3c(cnn3CCO)c2)ncn1)c1cccc2nccnc12. The summed E-state index contributed by atoms with van der Waals surface area (Å²) in [6.07, 6.45) is 8.49. The first-order valence-electron chi connectivity index (χ1n) is 10.4. The summed E-state index contributed by atoms with van der Waals surface area (Å²) in [5, 5.41) is 17.7. The molecule has 0 bridgehead atoms. The highest BCUT2D eigenvalue weighted by molar-refractivity contribution is 5.80. The minimum absolute atomic E-state index is 0.0188. The summed E-state index contributed by atoms with van der Waals surface area (Å²) in [6, 6.07) is 9.98. The molecule has 0 fully saturated rings. The Labute approximate surface area is 184 Å². The van der Waals surface area contributed by atoms with Crippen LogP contribution in [0.2, 0.25) is 0 Å². The van der Waals surface area contributed by atoms with E-state index in [1.807, 2.05) is 24.3 Å². The molecule has 9 heteroatoms. The smallest absolute Gasteiger partial charge is 0.157 e. The van der Waals surface area contributed by atoms with Crippen LogP contribution in [0, 0.1) is 0 Å². The van der Waals surface area contributed by atoms with Gasteiger partial charge in [-0.25, -0.2) is 19.6 Å². The maximum absolute atomic E-state index is 9.16. The van der Waals surface area contributed by atoms with Gasteiger partial charge in [0, 0.05) is 48.1 Å². The second-order valence-electron chi connectivity index (χ2n) is 7.57. The topological polar surface area (TPSA) is 115 Å². The summed E-state index contributed by atoms with van der Waals surface area (Å²) in [4.78, 5) is 22.2. The fraction of sp³-hybridized carbons (Fsp3) is 0.217. The van der Waals surface area contributed by atoms with Crippen molar-refractivity contribution < 1.29 is 5.11 Å². The van der Waals surface area contributed by atoms with Gasteiger partial charge in [0.2, 0.25) is 0 Å². The number of hydrogen-bond donors (Lipinski definition) is 2. The lowest BCUT2D eigenvalue weighted by atomic mass is 9.99. The van der Waals surface area contributed by atoms with Gasteiger partial charge in [0.05, 0.1) is 36.1 Å². The fourth-order valence-corrected chi connectivity index (χ4v) is 3.76. The Morgan fingerprint density at radius 3 is 2.84 bits per heavy atom. The third kappa shape index (κ3) is 3.85. The highest BCUT2D eigenvalue weighted by atomic mass is 16.3. The highest BCUT2D eigenvalue weighted by Gasteiger charge is 2.12. The van der Waals surface area contributed by atoms with E-state index in [-0.39, 0.29) is 12.5 Å². The van der Waals surface area contributed by atoms with Crippen molar-refractivity contribution in [2.75, 3.05) is 18.5 Å². The van der Waals surface area contributed by atoms with Gasteiger partial charge in [-0.2, -0.15) is 5.10 Å². The number of fused-ring (bicyclic) bond motifs is 2. The van der Waals surface area contributed by atoms with Crippen molar-refractivity contribution in [2.24, 2.45) is 0 Å². The van der Waals surface area contributed by atoms with Gasteiger partial charge in [-0.05, 0) is 17.7 Å². The van der Waals surface area contributed by atoms with E-state index in [4.69, 9.17) is 5.11 Å². The number of benzene rings is 1. The average molecular weight is 426 g/mol. The Bertz CT molecular complexity index is 1380. The molecule has 4 aromatic heterocycles. The van der Waals surface area contributed by atoms with E-state index in [0.717, 1.165) is 44.7 Å². The first-order valence-corrected chi connectivity index (χ1v) is 10.4. The summed E-state index contributed by atoms with van der Waals surface area (Å²) in [6.45, 7) is 3.28. The van der Waals surface area contributed by atoms with Crippen molar-refractivity contribution in [3.8, 4) is 11.3 Å². The van der Waals surface area contributed by atoms with Crippen LogP contribution < -0.4 is 5.32 Å². The minimum atomic E-state index is 0.0188. The Balaban J connectivity index is 1.35. The van der Waals surface area contributed by atoms with Gasteiger partial charge in [0.1, 0.15) is 12.1 Å². The molecule has 0 aliphatic rings. The number of nitrogens with one attached hydrogen (secondary N) is 1. The molecule has 5 aromatic rings. The quantitative estimate of drug-likeness (QED) is 0.408. The zero-order chi connectivity index (χ0) is 21.9. The number of pyridine rings is 1. The van der Waals surface area contributed by atoms with Crippen molar-refractivity contribution >= 4 is 27.9 Å². The Morgan fingerprint density at radius 1 is 1.03 bits per heavy atom. The number of para-hydroxylation sites is 1. The lowest BCUT2D eigenvalue weighted by Gasteiger charge is -2.15. The third-order valence-corrected chi connectivity index (χ3v) is 5.40. The molecule has 4 heterocycles. The van der Waals surface area contributed by atoms with Crippen LogP contribution in [-0.4, -0.2) is 53.0 Å². The van der Waals surface area contributed by atoms with Crippen LogP contribution in [-0.2, 0) is 6.54 Å². The summed E-state index contributed by atoms with van der Waals surface area (Å²) < 4.78 is 1.69. The van der Waals surface area contributed by atoms with Crippen molar-refractivity contribution in [1.29, 1.82) is 0 Å². The van der Waals surface area contributed by atoms with E-state index in [2.05, 4.69) is 48.3 Å². The molecule has 0 amide bonds. The zero-order valence-electron chi connectivity index (χ0n) is 17.5. The fourth-order valence-electron chi connectivity index (χ4n) is 3.76. The van der Waals surface area contributed by atoms with E-state index in [0.29, 0.717) is 13.1 Å². The van der Waals surface area contributed by atoms with Gasteiger partial charge >= 0.3 is 0 Å². The number of aliphatic hydroxyl groups excluding tert-OH is 1. The molecule has 0 spiro atoms. The molecule has 160 valence electrons. The summed E-state index contributed by atoms with van der Waals surface area (Å²) >= 11 is 0. The van der Waals surface area contributed by atoms with Crippen molar-refractivity contribution in [3.05, 3.63) is 67.0 Å². The van der Waals surface area contributed by atoms with Crippen LogP contribution in [0.3, 0.4) is 0 Å². The normalized spacial score (nSPS) is 12.3. The van der Waals surface area contributed by atoms with Crippen LogP contribution in [0.5, 0.6) is 0 Å². The number of rotatable bonds is 7. The van der Waals surface area contributed by atoms with Crippen LogP contribution in [0.4, 0.5) is 5.82 Å². The largest absolute Gasteiger partial charge is 0.394 e. The van der Waals surface area contributed by atoms with Gasteiger partial charge < -0.3 is 10.4 Å². The Hall–Kier alpha value is -3.98. The maximum atomic E-state index is 9.16. The molecule has 2 N–H and O–H groups in total. The molecule has 0 saturated heterocycles. The lowest BCUT2D eigenvalue weighted by Crippen LogP contribution is -2.12. The summed E-state index contributed by atoms with van der Waals surface area (Å²) in [5.41, 5.74) is 5.36. The van der Waals surface area contributed by atoms with E-state index in [1.165, 1.54) is 0 Å². The monoisotopic (exact) mass is 426 g/mol. The number of anilines is 1. The van der Waals surface area contributed by atoms with E-state index in [9.17, 15) is 0 Å². The molecule has 0 aliphatic carbocycles. The Morgan fingerprint density at radius 2 is 1.94 bits per heavy atom. The number of aromatic nitrogens is 7. The van der Waals surface area contributed by atoms with Gasteiger partial charge in [0.25, 0.3) is 0 Å². The average Bonchev–Trinajstić information content (AvgIpc) is 3.24. The predicted octanol–water partition coefficient (Wildman–Crippen LogP) is 3.04. The molecule has 32 heavy (non-hydrogen) atoms. The van der Waals surface area contributed by atoms with Crippen molar-refractivity contribution in [2.45, 2.75) is 19.4 Å². The van der Waals surface area contributed by atoms with Gasteiger partial charge in [-0.3, -0.25) is 9.97 Å². The van der Waals surface area contributed by atoms with Crippen LogP contribution in [0.15, 0.2) is 61.4 Å². The summed E-state index contributed by atoms with van der Waals surface area (Å²) in [7, 11) is 0. The molecular weight excluding hydrogens is 404 g/mol. The number of aliphatic hydroxyl groups is 1. The van der Waals surface area contributed by atoms with E-state index >= 15 is 0 Å². The predicted molar refractivity (Wildman–Crippen MR) is 122 cm³/mol. The van der Waals surface area contributed by atoms with E-state index in [1.54, 1.807) is 35.8 Å². The molecule has 0 radical (unpaired) electrons. The molecule has 1 unspecified atom stereocenters. The number of hydrogen-bond acceptors (Lipinski definition) is 8. The molecule has 1 atom stereocenters. The maximum Gasteiger partial charge on any atom is 0.157 e. The van der Waals surface area contributed by atoms with E-state index < -0.39 is 0 Å². The zero-order valence-corrected chi connectivity index (χ0v) is 17.5. The lowest BCUT2D eigenvalue weighted by molar-refractivity contribution is 0.271. The highest BCUT2D eigenvalue weighted by Crippen LogP contribution is 2.25.